The van der Waals surface area contributed by atoms with Gasteiger partial charge in [-0.15, -0.1) is 0 Å². The van der Waals surface area contributed by atoms with Gasteiger partial charge in [-0.25, -0.2) is 0 Å². The Morgan fingerprint density at radius 2 is 2.13 bits per heavy atom. The van der Waals surface area contributed by atoms with Gasteiger partial charge in [0.1, 0.15) is 0 Å². The molecule has 2 nitrogen and oxygen atoms in total. The van der Waals surface area contributed by atoms with Crippen LogP contribution in [0.15, 0.2) is 0 Å². The summed E-state index contributed by atoms with van der Waals surface area (Å²) in [6, 6.07) is 2.24. The molecule has 0 amide bonds. The number of nitrogens with zero attached hydrogens (tertiary/aromatic N) is 1. The lowest BCUT2D eigenvalue weighted by Gasteiger charge is -2.46. The Kier molecular flexibility index (Phi) is 4.35. The number of hydrogen-bond acceptors (Lipinski definition) is 3. The van der Waals surface area contributed by atoms with Crippen LogP contribution >= 0.6 is 11.8 Å². The lowest BCUT2D eigenvalue weighted by atomic mass is 9.93. The molecule has 0 saturated carbocycles. The quantitative estimate of drug-likeness (QED) is 0.784. The number of hydrogen-bond donors (Lipinski definition) is 1. The zero-order chi connectivity index (χ0) is 10.7. The van der Waals surface area contributed by atoms with Gasteiger partial charge in [0, 0.05) is 30.4 Å². The molecule has 2 aliphatic heterocycles. The zero-order valence-electron chi connectivity index (χ0n) is 9.82. The van der Waals surface area contributed by atoms with Crippen LogP contribution in [0.2, 0.25) is 0 Å². The van der Waals surface area contributed by atoms with E-state index >= 15 is 0 Å². The van der Waals surface area contributed by atoms with Crippen molar-refractivity contribution in [2.24, 2.45) is 5.73 Å². The van der Waals surface area contributed by atoms with Crippen molar-refractivity contribution in [2.75, 3.05) is 18.1 Å². The molecule has 0 aromatic rings. The summed E-state index contributed by atoms with van der Waals surface area (Å²) >= 11 is 2.13. The first kappa shape index (κ1) is 11.7. The van der Waals surface area contributed by atoms with Crippen molar-refractivity contribution in [3.8, 4) is 0 Å². The average Bonchev–Trinajstić information content (AvgIpc) is 2.29. The van der Waals surface area contributed by atoms with Crippen molar-refractivity contribution < 1.29 is 0 Å². The van der Waals surface area contributed by atoms with Crippen LogP contribution in [0.4, 0.5) is 0 Å². The highest BCUT2D eigenvalue weighted by Crippen LogP contribution is 2.30. The Morgan fingerprint density at radius 3 is 2.80 bits per heavy atom. The first-order valence-electron chi connectivity index (χ1n) is 6.38. The summed E-state index contributed by atoms with van der Waals surface area (Å²) in [4.78, 5) is 2.75. The lowest BCUT2D eigenvalue weighted by Crippen LogP contribution is -2.55. The van der Waals surface area contributed by atoms with Gasteiger partial charge in [0.15, 0.2) is 0 Å². The normalized spacial score (nSPS) is 39.2. The van der Waals surface area contributed by atoms with Gasteiger partial charge in [0.2, 0.25) is 0 Å². The number of likely N-dealkylation sites (tertiary alicyclic amines) is 1. The maximum atomic E-state index is 5.91. The Hall–Kier alpha value is 0.270. The summed E-state index contributed by atoms with van der Waals surface area (Å²) in [5.74, 6) is 2.70. The van der Waals surface area contributed by atoms with Gasteiger partial charge >= 0.3 is 0 Å². The summed E-state index contributed by atoms with van der Waals surface area (Å²) < 4.78 is 0. The van der Waals surface area contributed by atoms with Crippen molar-refractivity contribution in [1.82, 2.24) is 4.90 Å². The maximum Gasteiger partial charge on any atom is 0.0224 e. The van der Waals surface area contributed by atoms with Crippen LogP contribution in [0, 0.1) is 0 Å². The standard InChI is InChI=1S/C12H24N2S/c1-10-4-2-5-11(8-13)14(10)12-6-3-7-15-9-12/h10-12H,2-9,13H2,1H3. The summed E-state index contributed by atoms with van der Waals surface area (Å²) in [5, 5.41) is 0. The van der Waals surface area contributed by atoms with Crippen LogP contribution in [0.5, 0.6) is 0 Å². The highest BCUT2D eigenvalue weighted by atomic mass is 32.2. The van der Waals surface area contributed by atoms with Crippen LogP contribution in [0.1, 0.15) is 39.0 Å². The van der Waals surface area contributed by atoms with E-state index in [1.807, 2.05) is 0 Å². The molecule has 2 aliphatic rings. The van der Waals surface area contributed by atoms with Crippen LogP contribution in [-0.2, 0) is 0 Å². The minimum atomic E-state index is 0.664. The molecule has 15 heavy (non-hydrogen) atoms. The van der Waals surface area contributed by atoms with E-state index in [1.54, 1.807) is 0 Å². The predicted octanol–water partition coefficient (Wildman–Crippen LogP) is 2.08. The Bertz CT molecular complexity index is 192. The molecule has 3 heteroatoms. The molecule has 0 radical (unpaired) electrons. The molecule has 88 valence electrons. The van der Waals surface area contributed by atoms with Crippen LogP contribution in [0.3, 0.4) is 0 Å². The van der Waals surface area contributed by atoms with E-state index in [0.29, 0.717) is 6.04 Å². The molecule has 0 spiro atoms. The second kappa shape index (κ2) is 5.55. The molecule has 2 rings (SSSR count). The van der Waals surface area contributed by atoms with E-state index in [0.717, 1.165) is 18.6 Å². The molecule has 3 atom stereocenters. The highest BCUT2D eigenvalue weighted by Gasteiger charge is 2.33. The maximum absolute atomic E-state index is 5.91. The molecule has 2 fully saturated rings. The third-order valence-electron chi connectivity index (χ3n) is 3.92. The fraction of sp³-hybridized carbons (Fsp3) is 1.00. The fourth-order valence-corrected chi connectivity index (χ4v) is 4.31. The molecule has 2 saturated heterocycles. The van der Waals surface area contributed by atoms with E-state index in [9.17, 15) is 0 Å². The Balaban J connectivity index is 2.00. The molecule has 0 aliphatic carbocycles. The number of nitrogens with two attached hydrogens (primary N) is 1. The summed E-state index contributed by atoms with van der Waals surface area (Å²) in [6.45, 7) is 3.24. The first-order chi connectivity index (χ1) is 7.33. The number of thioether (sulfide) groups is 1. The second-order valence-corrected chi connectivity index (χ2v) is 6.14. The van der Waals surface area contributed by atoms with Crippen molar-refractivity contribution >= 4 is 11.8 Å². The van der Waals surface area contributed by atoms with Crippen molar-refractivity contribution in [2.45, 2.75) is 57.2 Å². The second-order valence-electron chi connectivity index (χ2n) is 4.99. The fourth-order valence-electron chi connectivity index (χ4n) is 3.16. The largest absolute Gasteiger partial charge is 0.329 e. The van der Waals surface area contributed by atoms with Crippen LogP contribution in [0.25, 0.3) is 0 Å². The van der Waals surface area contributed by atoms with Crippen LogP contribution < -0.4 is 5.73 Å². The molecule has 3 unspecified atom stereocenters. The zero-order valence-corrected chi connectivity index (χ0v) is 10.6. The smallest absolute Gasteiger partial charge is 0.0224 e. The SMILES string of the molecule is CC1CCCC(CN)N1C1CCCSC1. The monoisotopic (exact) mass is 228 g/mol. The number of rotatable bonds is 2. The first-order valence-corrected chi connectivity index (χ1v) is 7.53. The summed E-state index contributed by atoms with van der Waals surface area (Å²) in [6.07, 6.45) is 6.86. The van der Waals surface area contributed by atoms with Gasteiger partial charge in [-0.1, -0.05) is 6.42 Å². The molecular weight excluding hydrogens is 204 g/mol. The predicted molar refractivity (Wildman–Crippen MR) is 68.3 cm³/mol. The van der Waals surface area contributed by atoms with Crippen molar-refractivity contribution in [1.29, 1.82) is 0 Å². The van der Waals surface area contributed by atoms with Gasteiger partial charge < -0.3 is 5.73 Å². The van der Waals surface area contributed by atoms with Crippen molar-refractivity contribution in [3.05, 3.63) is 0 Å². The van der Waals surface area contributed by atoms with Gasteiger partial charge in [0.05, 0.1) is 0 Å². The van der Waals surface area contributed by atoms with E-state index in [2.05, 4.69) is 23.6 Å². The molecule has 0 aromatic heterocycles. The Labute approximate surface area is 98.0 Å². The van der Waals surface area contributed by atoms with E-state index in [4.69, 9.17) is 5.73 Å². The minimum absolute atomic E-state index is 0.664. The van der Waals surface area contributed by atoms with Crippen LogP contribution in [-0.4, -0.2) is 41.1 Å². The molecule has 2 heterocycles. The summed E-state index contributed by atoms with van der Waals surface area (Å²) in [7, 11) is 0. The third-order valence-corrected chi connectivity index (χ3v) is 5.12. The van der Waals surface area contributed by atoms with Gasteiger partial charge in [0.25, 0.3) is 0 Å². The van der Waals surface area contributed by atoms with Gasteiger partial charge in [-0.05, 0) is 38.4 Å². The van der Waals surface area contributed by atoms with Gasteiger partial charge in [-0.2, -0.15) is 11.8 Å². The average molecular weight is 228 g/mol. The molecule has 0 bridgehead atoms. The molecule has 2 N–H and O–H groups in total. The molecular formula is C12H24N2S. The lowest BCUT2D eigenvalue weighted by molar-refractivity contribution is 0.0545. The van der Waals surface area contributed by atoms with Gasteiger partial charge in [-0.3, -0.25) is 4.90 Å². The summed E-state index contributed by atoms with van der Waals surface area (Å²) in [5.41, 5.74) is 5.91. The Morgan fingerprint density at radius 1 is 1.27 bits per heavy atom. The molecule has 0 aromatic carbocycles. The minimum Gasteiger partial charge on any atom is -0.329 e. The van der Waals surface area contributed by atoms with Crippen molar-refractivity contribution in [3.63, 3.8) is 0 Å². The van der Waals surface area contributed by atoms with E-state index < -0.39 is 0 Å². The number of piperidine rings is 1. The highest BCUT2D eigenvalue weighted by molar-refractivity contribution is 7.99. The van der Waals surface area contributed by atoms with E-state index in [-0.39, 0.29) is 0 Å². The third kappa shape index (κ3) is 2.69. The van der Waals surface area contributed by atoms with E-state index in [1.165, 1.54) is 43.6 Å². The topological polar surface area (TPSA) is 29.3 Å².